The van der Waals surface area contributed by atoms with Gasteiger partial charge in [-0.05, 0) is 25.8 Å². The van der Waals surface area contributed by atoms with Crippen LogP contribution in [0.4, 0.5) is 0 Å². The van der Waals surface area contributed by atoms with E-state index in [1.54, 1.807) is 0 Å². The number of hydrogen-bond donors (Lipinski definition) is 2. The van der Waals surface area contributed by atoms with Crippen molar-refractivity contribution in [3.8, 4) is 0 Å². The molecule has 0 aliphatic carbocycles. The minimum atomic E-state index is -3.92. The van der Waals surface area contributed by atoms with E-state index in [4.69, 9.17) is 17.8 Å². The van der Waals surface area contributed by atoms with Gasteiger partial charge in [-0.25, -0.2) is 0 Å². The van der Waals surface area contributed by atoms with Crippen molar-refractivity contribution < 1.29 is 30.7 Å². The van der Waals surface area contributed by atoms with Gasteiger partial charge in [0.25, 0.3) is 10.1 Å². The predicted octanol–water partition coefficient (Wildman–Crippen LogP) is 6.34. The summed E-state index contributed by atoms with van der Waals surface area (Å²) < 4.78 is 50.1. The summed E-state index contributed by atoms with van der Waals surface area (Å²) in [4.78, 5) is 0. The number of rotatable bonds is 26. The third-order valence-electron chi connectivity index (χ3n) is 8.65. The Kier molecular flexibility index (Phi) is 17.4. The van der Waals surface area contributed by atoms with E-state index in [1.807, 2.05) is 0 Å². The van der Waals surface area contributed by atoms with Crippen LogP contribution in [0.25, 0.3) is 0 Å². The Morgan fingerprint density at radius 2 is 1.12 bits per heavy atom. The maximum atomic E-state index is 10.9. The summed E-state index contributed by atoms with van der Waals surface area (Å²) in [6.07, 6.45) is 23.9. The Morgan fingerprint density at radius 3 is 1.57 bits per heavy atom. The predicted molar refractivity (Wildman–Crippen MR) is 166 cm³/mol. The molecule has 3 fully saturated rings. The van der Waals surface area contributed by atoms with Gasteiger partial charge in [0, 0.05) is 12.5 Å². The van der Waals surface area contributed by atoms with Gasteiger partial charge in [0.05, 0.1) is 58.3 Å². The quantitative estimate of drug-likeness (QED) is 0.0513. The van der Waals surface area contributed by atoms with Crippen molar-refractivity contribution in [2.75, 3.05) is 59.3 Å². The molecule has 3 aliphatic rings. The molecule has 0 atom stereocenters. The van der Waals surface area contributed by atoms with Crippen molar-refractivity contribution in [3.05, 3.63) is 0 Å². The van der Waals surface area contributed by atoms with E-state index in [9.17, 15) is 8.42 Å². The number of quaternary nitrogens is 1. The fourth-order valence-electron chi connectivity index (χ4n) is 5.90. The van der Waals surface area contributed by atoms with E-state index in [0.29, 0.717) is 32.8 Å². The van der Waals surface area contributed by atoms with Gasteiger partial charge in [0.2, 0.25) is 0 Å². The lowest BCUT2D eigenvalue weighted by molar-refractivity contribution is -0.890. The fourth-order valence-corrected chi connectivity index (χ4v) is 9.17. The van der Waals surface area contributed by atoms with Gasteiger partial charge in [-0.15, -0.1) is 0 Å². The van der Waals surface area contributed by atoms with Gasteiger partial charge < -0.3 is 23.1 Å². The summed E-state index contributed by atoms with van der Waals surface area (Å²) in [7, 11) is -1.84. The zero-order chi connectivity index (χ0) is 29.2. The minimum absolute atomic E-state index is 0.245. The third kappa shape index (κ3) is 16.0. The molecule has 3 aliphatic heterocycles. The van der Waals surface area contributed by atoms with E-state index in [2.05, 4.69) is 26.3 Å². The van der Waals surface area contributed by atoms with Crippen LogP contribution in [0.15, 0.2) is 0 Å². The van der Waals surface area contributed by atoms with Crippen LogP contribution in [0.5, 0.6) is 0 Å². The largest absolute Gasteiger partial charge is 0.501 e. The van der Waals surface area contributed by atoms with Gasteiger partial charge >= 0.3 is 8.80 Å². The highest BCUT2D eigenvalue weighted by molar-refractivity contribution is 7.85. The van der Waals surface area contributed by atoms with Crippen LogP contribution in [-0.2, 0) is 23.4 Å². The van der Waals surface area contributed by atoms with Crippen molar-refractivity contribution in [1.29, 1.82) is 0 Å². The number of nitrogens with one attached hydrogen (secondary N) is 1. The lowest BCUT2D eigenvalue weighted by Crippen LogP contribution is -2.72. The van der Waals surface area contributed by atoms with E-state index in [-0.39, 0.29) is 5.75 Å². The van der Waals surface area contributed by atoms with Crippen LogP contribution < -0.4 is 5.32 Å². The molecule has 238 valence electrons. The third-order valence-corrected chi connectivity index (χ3v) is 12.2. The van der Waals surface area contributed by atoms with Gasteiger partial charge in [-0.2, -0.15) is 8.42 Å². The number of hydrogen-bond acceptors (Lipinski definition) is 6. The molecule has 2 N–H and O–H groups in total. The monoisotopic (exact) mass is 607 g/mol. The summed E-state index contributed by atoms with van der Waals surface area (Å²) >= 11 is 0. The summed E-state index contributed by atoms with van der Waals surface area (Å²) in [6, 6.07) is 0.854. The molecule has 0 aromatic heterocycles. The van der Waals surface area contributed by atoms with E-state index in [1.165, 1.54) is 109 Å². The van der Waals surface area contributed by atoms with E-state index in [0.717, 1.165) is 23.5 Å². The van der Waals surface area contributed by atoms with Crippen molar-refractivity contribution >= 4 is 18.9 Å². The molecule has 0 aromatic rings. The standard InChI is InChI=1S/C30H62N2O6SSi/c1-4-5-6-7-8-9-10-11-12-13-14-15-16-17-18-19-23-32(2,3)24-21-26-40-36-27-30(28-37-40,29-38-40)31-22-20-25-39(33,34)35/h31H,4-29H2,1-3H3/p+1. The van der Waals surface area contributed by atoms with Crippen molar-refractivity contribution in [1.82, 2.24) is 5.32 Å². The first-order valence-electron chi connectivity index (χ1n) is 16.5. The first-order chi connectivity index (χ1) is 19.1. The molecular weight excluding hydrogens is 544 g/mol. The lowest BCUT2D eigenvalue weighted by Gasteiger charge is -2.50. The molecule has 0 amide bonds. The second-order valence-corrected chi connectivity index (χ2v) is 17.5. The maximum absolute atomic E-state index is 10.9. The Balaban J connectivity index is 1.42. The molecule has 2 bridgehead atoms. The first kappa shape index (κ1) is 36.1. The Morgan fingerprint density at radius 1 is 0.700 bits per heavy atom. The molecule has 0 unspecified atom stereocenters. The zero-order valence-electron chi connectivity index (χ0n) is 26.2. The average molecular weight is 608 g/mol. The average Bonchev–Trinajstić information content (AvgIpc) is 2.91. The Hall–Kier alpha value is -0.0731. The van der Waals surface area contributed by atoms with Crippen LogP contribution >= 0.6 is 0 Å². The zero-order valence-corrected chi connectivity index (χ0v) is 28.0. The van der Waals surface area contributed by atoms with Crippen molar-refractivity contribution in [2.24, 2.45) is 0 Å². The van der Waals surface area contributed by atoms with Gasteiger partial charge in [-0.3, -0.25) is 4.55 Å². The molecule has 3 saturated heterocycles. The molecule has 3 heterocycles. The summed E-state index contributed by atoms with van der Waals surface area (Å²) in [6.45, 7) is 6.70. The normalized spacial score (nSPS) is 23.2. The second-order valence-electron chi connectivity index (χ2n) is 13.2. The topological polar surface area (TPSA) is 94.1 Å². The highest BCUT2D eigenvalue weighted by atomic mass is 32.2. The molecule has 40 heavy (non-hydrogen) atoms. The SMILES string of the molecule is CCCCCCCCCCCCCCCCCC[N+](C)(C)CCC[Si]12OCC(NCCCS(=O)(=O)O)(CO1)CO2. The number of unbranched alkanes of at least 4 members (excludes halogenated alkanes) is 15. The minimum Gasteiger partial charge on any atom is -0.371 e. The van der Waals surface area contributed by atoms with Crippen LogP contribution in [0, 0.1) is 0 Å². The smallest absolute Gasteiger partial charge is 0.371 e. The molecule has 0 spiro atoms. The van der Waals surface area contributed by atoms with Gasteiger partial charge in [-0.1, -0.05) is 96.8 Å². The van der Waals surface area contributed by atoms with Crippen LogP contribution in [0.2, 0.25) is 6.04 Å². The highest BCUT2D eigenvalue weighted by Gasteiger charge is 2.56. The summed E-state index contributed by atoms with van der Waals surface area (Å²) in [5.41, 5.74) is -0.406. The lowest BCUT2D eigenvalue weighted by atomic mass is 10.0. The summed E-state index contributed by atoms with van der Waals surface area (Å²) in [5.74, 6) is -0.245. The maximum Gasteiger partial charge on any atom is 0.501 e. The van der Waals surface area contributed by atoms with E-state index < -0.39 is 24.5 Å². The van der Waals surface area contributed by atoms with Gasteiger partial charge in [0.1, 0.15) is 0 Å². The molecule has 0 aromatic carbocycles. The van der Waals surface area contributed by atoms with Crippen LogP contribution in [0.3, 0.4) is 0 Å². The number of fused-ring (bicyclic) bond motifs is 3. The highest BCUT2D eigenvalue weighted by Crippen LogP contribution is 2.33. The summed E-state index contributed by atoms with van der Waals surface area (Å²) in [5, 5.41) is 3.32. The van der Waals surface area contributed by atoms with Crippen molar-refractivity contribution in [2.45, 2.75) is 134 Å². The molecule has 0 saturated carbocycles. The number of nitrogens with zero attached hydrogens (tertiary/aromatic N) is 1. The first-order valence-corrected chi connectivity index (χ1v) is 20.1. The molecule has 0 radical (unpaired) electrons. The molecular formula is C30H63N2O6SSi+. The van der Waals surface area contributed by atoms with Crippen LogP contribution in [0.1, 0.15) is 122 Å². The molecule has 10 heteroatoms. The van der Waals surface area contributed by atoms with Crippen molar-refractivity contribution in [3.63, 3.8) is 0 Å². The van der Waals surface area contributed by atoms with Crippen LogP contribution in [-0.4, -0.2) is 91.1 Å². The van der Waals surface area contributed by atoms with E-state index >= 15 is 0 Å². The Labute approximate surface area is 248 Å². The Bertz CT molecular complexity index is 743. The molecule has 8 nitrogen and oxygen atoms in total. The molecule has 3 rings (SSSR count). The van der Waals surface area contributed by atoms with Gasteiger partial charge in [0.15, 0.2) is 0 Å². The second kappa shape index (κ2) is 19.3. The fraction of sp³-hybridized carbons (Fsp3) is 1.00.